The smallest absolute Gasteiger partial charge is 0.262 e. The predicted molar refractivity (Wildman–Crippen MR) is 113 cm³/mol. The van der Waals surface area contributed by atoms with E-state index in [1.807, 2.05) is 60.3 Å². The number of aromatic nitrogens is 3. The number of ether oxygens (including phenoxy) is 2. The third kappa shape index (κ3) is 5.02. The number of rotatable bonds is 7. The fraction of sp³-hybridized carbons (Fsp3) is 0.0870. The van der Waals surface area contributed by atoms with Gasteiger partial charge in [-0.2, -0.15) is 0 Å². The molecule has 4 rings (SSSR count). The van der Waals surface area contributed by atoms with E-state index in [1.165, 1.54) is 6.33 Å². The molecule has 0 aliphatic carbocycles. The van der Waals surface area contributed by atoms with Crippen molar-refractivity contribution in [1.29, 1.82) is 0 Å². The lowest BCUT2D eigenvalue weighted by molar-refractivity contribution is -0.118. The van der Waals surface area contributed by atoms with Crippen LogP contribution in [0.15, 0.2) is 85.5 Å². The molecule has 150 valence electrons. The Morgan fingerprint density at radius 1 is 0.967 bits per heavy atom. The van der Waals surface area contributed by atoms with Crippen molar-refractivity contribution in [2.45, 2.75) is 6.92 Å². The van der Waals surface area contributed by atoms with Gasteiger partial charge in [-0.3, -0.25) is 4.79 Å². The summed E-state index contributed by atoms with van der Waals surface area (Å²) in [6.07, 6.45) is 5.24. The lowest BCUT2D eigenvalue weighted by Crippen LogP contribution is -2.20. The van der Waals surface area contributed by atoms with Gasteiger partial charge in [-0.15, -0.1) is 0 Å². The van der Waals surface area contributed by atoms with Crippen LogP contribution in [0, 0.1) is 6.92 Å². The van der Waals surface area contributed by atoms with E-state index >= 15 is 0 Å². The molecule has 2 heterocycles. The van der Waals surface area contributed by atoms with E-state index in [-0.39, 0.29) is 12.5 Å². The van der Waals surface area contributed by atoms with Gasteiger partial charge >= 0.3 is 0 Å². The first-order valence-electron chi connectivity index (χ1n) is 9.38. The van der Waals surface area contributed by atoms with Gasteiger partial charge in [0.1, 0.15) is 23.6 Å². The third-order valence-electron chi connectivity index (χ3n) is 4.22. The number of carbonyl (C=O) groups is 1. The Morgan fingerprint density at radius 2 is 1.77 bits per heavy atom. The van der Waals surface area contributed by atoms with Crippen molar-refractivity contribution in [2.24, 2.45) is 0 Å². The second-order valence-electron chi connectivity index (χ2n) is 6.58. The van der Waals surface area contributed by atoms with Gasteiger partial charge in [0.05, 0.1) is 0 Å². The standard InChI is InChI=1S/C23H20N4O3/c1-17-5-4-6-20(13-17)29-15-22(28)26-18-7-9-19(10-8-18)30-23-14-21(24-16-25-23)27-11-2-3-12-27/h2-14,16H,15H2,1H3,(H,26,28). The van der Waals surface area contributed by atoms with Gasteiger partial charge < -0.3 is 19.4 Å². The number of amides is 1. The quantitative estimate of drug-likeness (QED) is 0.498. The van der Waals surface area contributed by atoms with Crippen molar-refractivity contribution in [2.75, 3.05) is 11.9 Å². The van der Waals surface area contributed by atoms with E-state index < -0.39 is 0 Å². The van der Waals surface area contributed by atoms with Gasteiger partial charge in [0.25, 0.3) is 5.91 Å². The van der Waals surface area contributed by atoms with Gasteiger partial charge in [-0.1, -0.05) is 12.1 Å². The minimum Gasteiger partial charge on any atom is -0.484 e. The summed E-state index contributed by atoms with van der Waals surface area (Å²) < 4.78 is 13.2. The van der Waals surface area contributed by atoms with Gasteiger partial charge in [-0.25, -0.2) is 9.97 Å². The molecule has 0 fully saturated rings. The molecule has 1 N–H and O–H groups in total. The normalized spacial score (nSPS) is 10.4. The summed E-state index contributed by atoms with van der Waals surface area (Å²) in [5, 5.41) is 2.80. The molecule has 0 spiro atoms. The summed E-state index contributed by atoms with van der Waals surface area (Å²) in [4.78, 5) is 20.5. The highest BCUT2D eigenvalue weighted by Gasteiger charge is 2.06. The van der Waals surface area contributed by atoms with Crippen molar-refractivity contribution in [1.82, 2.24) is 14.5 Å². The molecule has 4 aromatic rings. The molecule has 0 atom stereocenters. The van der Waals surface area contributed by atoms with Crippen LogP contribution in [0.5, 0.6) is 17.4 Å². The monoisotopic (exact) mass is 400 g/mol. The molecule has 0 aliphatic rings. The summed E-state index contributed by atoms with van der Waals surface area (Å²) >= 11 is 0. The summed E-state index contributed by atoms with van der Waals surface area (Å²) in [6.45, 7) is 1.91. The first-order chi connectivity index (χ1) is 14.7. The highest BCUT2D eigenvalue weighted by atomic mass is 16.5. The van der Waals surface area contributed by atoms with Crippen molar-refractivity contribution in [3.63, 3.8) is 0 Å². The van der Waals surface area contributed by atoms with Crippen molar-refractivity contribution < 1.29 is 14.3 Å². The Morgan fingerprint density at radius 3 is 2.53 bits per heavy atom. The molecular weight excluding hydrogens is 380 g/mol. The maximum atomic E-state index is 12.1. The number of benzene rings is 2. The summed E-state index contributed by atoms with van der Waals surface area (Å²) in [7, 11) is 0. The second kappa shape index (κ2) is 8.91. The van der Waals surface area contributed by atoms with Crippen molar-refractivity contribution in [3.8, 4) is 23.2 Å². The molecule has 0 radical (unpaired) electrons. The van der Waals surface area contributed by atoms with Crippen LogP contribution in [0.2, 0.25) is 0 Å². The Labute approximate surface area is 173 Å². The van der Waals surface area contributed by atoms with Crippen LogP contribution in [0.25, 0.3) is 5.82 Å². The van der Waals surface area contributed by atoms with Crippen molar-refractivity contribution in [3.05, 3.63) is 91.0 Å². The van der Waals surface area contributed by atoms with E-state index in [0.717, 1.165) is 5.56 Å². The molecule has 0 aliphatic heterocycles. The topological polar surface area (TPSA) is 78.3 Å². The molecule has 2 aromatic heterocycles. The van der Waals surface area contributed by atoms with Crippen LogP contribution in [-0.2, 0) is 4.79 Å². The molecule has 0 unspecified atom stereocenters. The maximum Gasteiger partial charge on any atom is 0.262 e. The number of aryl methyl sites for hydroxylation is 1. The Bertz CT molecular complexity index is 1130. The average Bonchev–Trinajstić information content (AvgIpc) is 3.29. The van der Waals surface area contributed by atoms with E-state index in [9.17, 15) is 4.79 Å². The van der Waals surface area contributed by atoms with Crippen LogP contribution >= 0.6 is 0 Å². The zero-order valence-electron chi connectivity index (χ0n) is 16.4. The maximum absolute atomic E-state index is 12.1. The molecule has 2 aromatic carbocycles. The third-order valence-corrected chi connectivity index (χ3v) is 4.22. The summed E-state index contributed by atoms with van der Waals surface area (Å²) in [5.41, 5.74) is 1.73. The van der Waals surface area contributed by atoms with Gasteiger partial charge in [0.15, 0.2) is 6.61 Å². The lowest BCUT2D eigenvalue weighted by atomic mass is 10.2. The zero-order chi connectivity index (χ0) is 20.8. The number of nitrogens with one attached hydrogen (secondary N) is 1. The van der Waals surface area contributed by atoms with Crippen LogP contribution < -0.4 is 14.8 Å². The largest absolute Gasteiger partial charge is 0.484 e. The molecular formula is C23H20N4O3. The van der Waals surface area contributed by atoms with Crippen molar-refractivity contribution >= 4 is 11.6 Å². The van der Waals surface area contributed by atoms with E-state index in [0.29, 0.717) is 28.9 Å². The molecule has 30 heavy (non-hydrogen) atoms. The molecule has 7 heteroatoms. The number of hydrogen-bond acceptors (Lipinski definition) is 5. The van der Waals surface area contributed by atoms with Crippen LogP contribution in [0.3, 0.4) is 0 Å². The average molecular weight is 400 g/mol. The molecule has 0 saturated carbocycles. The molecule has 0 bridgehead atoms. The lowest BCUT2D eigenvalue weighted by Gasteiger charge is -2.09. The van der Waals surface area contributed by atoms with E-state index in [2.05, 4.69) is 15.3 Å². The number of nitrogens with zero attached hydrogens (tertiary/aromatic N) is 3. The first-order valence-corrected chi connectivity index (χ1v) is 9.38. The van der Waals surface area contributed by atoms with Crippen LogP contribution in [0.1, 0.15) is 5.56 Å². The molecule has 0 saturated heterocycles. The second-order valence-corrected chi connectivity index (χ2v) is 6.58. The molecule has 1 amide bonds. The Balaban J connectivity index is 1.33. The SMILES string of the molecule is Cc1cccc(OCC(=O)Nc2ccc(Oc3cc(-n4cccc4)ncn3)cc2)c1. The Hall–Kier alpha value is -4.13. The number of anilines is 1. The van der Waals surface area contributed by atoms with Gasteiger partial charge in [0, 0.05) is 24.1 Å². The first kappa shape index (κ1) is 19.2. The predicted octanol–water partition coefficient (Wildman–Crippen LogP) is 4.39. The minimum absolute atomic E-state index is 0.0647. The van der Waals surface area contributed by atoms with Crippen LogP contribution in [0.4, 0.5) is 5.69 Å². The van der Waals surface area contributed by atoms with E-state index in [4.69, 9.17) is 9.47 Å². The fourth-order valence-electron chi connectivity index (χ4n) is 2.79. The van der Waals surface area contributed by atoms with Gasteiger partial charge in [0.2, 0.25) is 5.88 Å². The fourth-order valence-corrected chi connectivity index (χ4v) is 2.79. The highest BCUT2D eigenvalue weighted by Crippen LogP contribution is 2.22. The summed E-state index contributed by atoms with van der Waals surface area (Å²) in [6, 6.07) is 20.2. The number of hydrogen-bond donors (Lipinski definition) is 1. The Kier molecular flexibility index (Phi) is 5.70. The zero-order valence-corrected chi connectivity index (χ0v) is 16.4. The highest BCUT2D eigenvalue weighted by molar-refractivity contribution is 5.91. The minimum atomic E-state index is -0.239. The number of carbonyl (C=O) groups excluding carboxylic acids is 1. The van der Waals surface area contributed by atoms with Crippen LogP contribution in [-0.4, -0.2) is 27.0 Å². The summed E-state index contributed by atoms with van der Waals surface area (Å²) in [5.74, 6) is 2.16. The van der Waals surface area contributed by atoms with Gasteiger partial charge in [-0.05, 0) is 61.0 Å². The van der Waals surface area contributed by atoms with E-state index in [1.54, 1.807) is 30.3 Å². The molecule has 7 nitrogen and oxygen atoms in total.